The maximum absolute atomic E-state index is 14.0. The third kappa shape index (κ3) is 4.23. The summed E-state index contributed by atoms with van der Waals surface area (Å²) in [5.41, 5.74) is -0.0110. The molecule has 4 nitrogen and oxygen atoms in total. The number of carboxylic acids is 1. The molecule has 2 fully saturated rings. The first-order valence-electron chi connectivity index (χ1n) is 10.3. The van der Waals surface area contributed by atoms with Crippen LogP contribution < -0.4 is 5.32 Å². The number of benzene rings is 1. The van der Waals surface area contributed by atoms with Crippen molar-refractivity contribution < 1.29 is 19.1 Å². The van der Waals surface area contributed by atoms with Gasteiger partial charge in [-0.2, -0.15) is 0 Å². The molecule has 3 rings (SSSR count). The number of halogens is 2. The first-order chi connectivity index (χ1) is 13.4. The van der Waals surface area contributed by atoms with E-state index < -0.39 is 17.2 Å². The molecule has 0 amide bonds. The number of nitrogens with one attached hydrogen (secondary N) is 1. The molecule has 0 saturated heterocycles. The Morgan fingerprint density at radius 1 is 1.24 bits per heavy atom. The molecule has 4 atom stereocenters. The first-order valence-corrected chi connectivity index (χ1v) is 11.2. The Morgan fingerprint density at radius 3 is 2.48 bits per heavy atom. The summed E-state index contributed by atoms with van der Waals surface area (Å²) in [6.45, 7) is 9.71. The van der Waals surface area contributed by atoms with Crippen LogP contribution >= 0.6 is 15.9 Å². The van der Waals surface area contributed by atoms with Gasteiger partial charge < -0.3 is 15.2 Å². The zero-order valence-corrected chi connectivity index (χ0v) is 19.2. The smallest absolute Gasteiger partial charge is 0.338 e. The number of rotatable bonds is 5. The van der Waals surface area contributed by atoms with Gasteiger partial charge in [-0.1, -0.05) is 43.6 Å². The zero-order chi connectivity index (χ0) is 21.6. The van der Waals surface area contributed by atoms with Crippen molar-refractivity contribution in [3.05, 3.63) is 29.6 Å². The molecule has 2 saturated carbocycles. The van der Waals surface area contributed by atoms with Crippen molar-refractivity contribution in [2.24, 2.45) is 28.1 Å². The van der Waals surface area contributed by atoms with Crippen LogP contribution in [-0.4, -0.2) is 28.7 Å². The van der Waals surface area contributed by atoms with E-state index in [-0.39, 0.29) is 21.2 Å². The topological polar surface area (TPSA) is 66.4 Å². The van der Waals surface area contributed by atoms with Crippen molar-refractivity contribution in [3.63, 3.8) is 0 Å². The Balaban J connectivity index is 1.82. The number of carboxylic acid groups (broad SMARTS) is 1. The van der Waals surface area contributed by atoms with E-state index in [1.807, 2.05) is 0 Å². The van der Waals surface area contributed by atoms with Crippen LogP contribution in [0.25, 0.3) is 0 Å². The minimum absolute atomic E-state index is 0.163. The third-order valence-corrected chi connectivity index (χ3v) is 8.36. The maximum atomic E-state index is 14.0. The Bertz CT molecular complexity index is 809. The van der Waals surface area contributed by atoms with E-state index in [4.69, 9.17) is 5.11 Å². The lowest BCUT2D eigenvalue weighted by atomic mass is 9.47. The second-order valence-corrected chi connectivity index (χ2v) is 11.5. The molecule has 1 aromatic rings. The molecule has 0 heterocycles. The highest BCUT2D eigenvalue weighted by Gasteiger charge is 2.56. The molecule has 0 radical (unpaired) electrons. The van der Waals surface area contributed by atoms with Gasteiger partial charge in [0.15, 0.2) is 0 Å². The molecule has 2 aliphatic carbocycles. The molecule has 4 unspecified atom stereocenters. The van der Waals surface area contributed by atoms with E-state index in [0.29, 0.717) is 24.1 Å². The lowest BCUT2D eigenvalue weighted by Crippen LogP contribution is -2.55. The minimum Gasteiger partial charge on any atom is -0.478 e. The summed E-state index contributed by atoms with van der Waals surface area (Å²) < 4.78 is 14.0. The van der Waals surface area contributed by atoms with Crippen LogP contribution in [0.4, 0.5) is 10.1 Å². The number of fused-ring (bicyclic) bond motifs is 1. The predicted molar refractivity (Wildman–Crippen MR) is 116 cm³/mol. The number of hydrogen-bond acceptors (Lipinski definition) is 3. The molecule has 0 aliphatic heterocycles. The number of alkyl halides is 1. The van der Waals surface area contributed by atoms with E-state index in [0.717, 1.165) is 25.5 Å². The Hall–Kier alpha value is -1.43. The molecular formula is C23H31BrFNO3. The van der Waals surface area contributed by atoms with Gasteiger partial charge in [0.05, 0.1) is 5.56 Å². The molecule has 6 heteroatoms. The SMILES string of the molecule is CC1(C)CCC(C)(C)C2C(Br)CC(C=O)(CNc3ccc(C(=O)O)c(F)c3)CC21. The number of carbonyl (C=O) groups is 2. The Morgan fingerprint density at radius 2 is 1.90 bits per heavy atom. The summed E-state index contributed by atoms with van der Waals surface area (Å²) in [7, 11) is 0. The van der Waals surface area contributed by atoms with Crippen molar-refractivity contribution in [2.45, 2.75) is 58.2 Å². The Kier molecular flexibility index (Phi) is 5.89. The van der Waals surface area contributed by atoms with Crippen molar-refractivity contribution in [1.82, 2.24) is 0 Å². The summed E-state index contributed by atoms with van der Waals surface area (Å²) >= 11 is 3.93. The maximum Gasteiger partial charge on any atom is 0.338 e. The third-order valence-electron chi connectivity index (χ3n) is 7.47. The highest BCUT2D eigenvalue weighted by Crippen LogP contribution is 2.61. The summed E-state index contributed by atoms with van der Waals surface area (Å²) in [5, 5.41) is 12.2. The lowest BCUT2D eigenvalue weighted by molar-refractivity contribution is -0.125. The number of carbonyl (C=O) groups excluding carboxylic acids is 1. The molecule has 0 aromatic heterocycles. The highest BCUT2D eigenvalue weighted by molar-refractivity contribution is 9.09. The van der Waals surface area contributed by atoms with Crippen molar-refractivity contribution in [1.29, 1.82) is 0 Å². The Labute approximate surface area is 180 Å². The van der Waals surface area contributed by atoms with Gasteiger partial charge in [-0.3, -0.25) is 0 Å². The molecule has 2 aliphatic rings. The van der Waals surface area contributed by atoms with Gasteiger partial charge in [-0.05, 0) is 66.5 Å². The standard InChI is InChI=1S/C23H31BrFNO3/c1-21(2)7-8-22(3,4)19-16(21)10-23(13-27,11-17(19)24)12-26-14-5-6-15(20(28)29)18(25)9-14/h5-6,9,13,16-17,19,26H,7-8,10-12H2,1-4H3,(H,28,29). The summed E-state index contributed by atoms with van der Waals surface area (Å²) in [6, 6.07) is 3.99. The van der Waals surface area contributed by atoms with Crippen LogP contribution in [0.2, 0.25) is 0 Å². The highest BCUT2D eigenvalue weighted by atomic mass is 79.9. The number of anilines is 1. The average Bonchev–Trinajstić information content (AvgIpc) is 2.63. The van der Waals surface area contributed by atoms with E-state index in [2.05, 4.69) is 48.9 Å². The van der Waals surface area contributed by atoms with Crippen LogP contribution in [0.3, 0.4) is 0 Å². The van der Waals surface area contributed by atoms with Gasteiger partial charge in [-0.15, -0.1) is 0 Å². The molecular weight excluding hydrogens is 437 g/mol. The van der Waals surface area contributed by atoms with Gasteiger partial charge in [0, 0.05) is 22.5 Å². The van der Waals surface area contributed by atoms with Gasteiger partial charge in [0.25, 0.3) is 0 Å². The zero-order valence-electron chi connectivity index (χ0n) is 17.6. The summed E-state index contributed by atoms with van der Waals surface area (Å²) in [4.78, 5) is 23.5. The normalized spacial score (nSPS) is 32.8. The van der Waals surface area contributed by atoms with Crippen LogP contribution in [0.5, 0.6) is 0 Å². The average molecular weight is 468 g/mol. The molecule has 160 valence electrons. The van der Waals surface area contributed by atoms with Crippen LogP contribution in [0.1, 0.15) is 63.7 Å². The summed E-state index contributed by atoms with van der Waals surface area (Å²) in [5.74, 6) is -1.14. The van der Waals surface area contributed by atoms with Crippen molar-refractivity contribution >= 4 is 33.9 Å². The molecule has 0 bridgehead atoms. The number of aldehydes is 1. The first kappa shape index (κ1) is 22.3. The monoisotopic (exact) mass is 467 g/mol. The van der Waals surface area contributed by atoms with E-state index in [1.54, 1.807) is 6.07 Å². The largest absolute Gasteiger partial charge is 0.478 e. The predicted octanol–water partition coefficient (Wildman–Crippen LogP) is 5.76. The quantitative estimate of drug-likeness (QED) is 0.426. The molecule has 2 N–H and O–H groups in total. The van der Waals surface area contributed by atoms with Crippen LogP contribution in [0, 0.1) is 33.9 Å². The van der Waals surface area contributed by atoms with Crippen molar-refractivity contribution in [2.75, 3.05) is 11.9 Å². The lowest BCUT2D eigenvalue weighted by Gasteiger charge is -2.59. The fourth-order valence-electron chi connectivity index (χ4n) is 5.57. The number of hydrogen-bond donors (Lipinski definition) is 2. The van der Waals surface area contributed by atoms with Gasteiger partial charge in [0.1, 0.15) is 12.1 Å². The molecule has 1 aromatic carbocycles. The van der Waals surface area contributed by atoms with Crippen molar-refractivity contribution in [3.8, 4) is 0 Å². The molecule has 29 heavy (non-hydrogen) atoms. The van der Waals surface area contributed by atoms with E-state index in [1.165, 1.54) is 18.6 Å². The fourth-order valence-corrected chi connectivity index (χ4v) is 7.30. The summed E-state index contributed by atoms with van der Waals surface area (Å²) in [6.07, 6.45) is 4.95. The second-order valence-electron chi connectivity index (χ2n) is 10.4. The van der Waals surface area contributed by atoms with E-state index >= 15 is 0 Å². The fraction of sp³-hybridized carbons (Fsp3) is 0.652. The van der Waals surface area contributed by atoms with Crippen LogP contribution in [0.15, 0.2) is 18.2 Å². The minimum atomic E-state index is -1.29. The van der Waals surface area contributed by atoms with Gasteiger partial charge in [-0.25, -0.2) is 9.18 Å². The number of aromatic carboxylic acids is 1. The van der Waals surface area contributed by atoms with E-state index in [9.17, 15) is 14.0 Å². The van der Waals surface area contributed by atoms with Crippen LogP contribution in [-0.2, 0) is 4.79 Å². The van der Waals surface area contributed by atoms with Gasteiger partial charge >= 0.3 is 5.97 Å². The second kappa shape index (κ2) is 7.68. The molecule has 0 spiro atoms. The van der Waals surface area contributed by atoms with Gasteiger partial charge in [0.2, 0.25) is 0 Å².